The van der Waals surface area contributed by atoms with Gasteiger partial charge in [-0.15, -0.1) is 0 Å². The molecule has 3 rings (SSSR count). The van der Waals surface area contributed by atoms with Crippen molar-refractivity contribution in [2.45, 2.75) is 39.7 Å². The maximum atomic E-state index is 10.9. The smallest absolute Gasteiger partial charge is 0.317 e. The Bertz CT molecular complexity index is 377. The van der Waals surface area contributed by atoms with Gasteiger partial charge >= 0.3 is 11.9 Å². The molecule has 5 heteroatoms. The van der Waals surface area contributed by atoms with Gasteiger partial charge in [-0.1, -0.05) is 20.8 Å². The Morgan fingerprint density at radius 1 is 1.16 bits per heavy atom. The van der Waals surface area contributed by atoms with Crippen LogP contribution >= 0.6 is 0 Å². The summed E-state index contributed by atoms with van der Waals surface area (Å²) in [6, 6.07) is 0.0870. The molecule has 0 saturated heterocycles. The number of carboxylic acid groups (broad SMARTS) is 2. The van der Waals surface area contributed by atoms with E-state index in [9.17, 15) is 9.59 Å². The topological polar surface area (TPSA) is 77.8 Å². The van der Waals surface area contributed by atoms with Crippen LogP contribution in [0.5, 0.6) is 0 Å². The molecule has 0 radical (unpaired) electrons. The summed E-state index contributed by atoms with van der Waals surface area (Å²) in [5.41, 5.74) is 0.327. The Kier molecular flexibility index (Phi) is 3.60. The summed E-state index contributed by atoms with van der Waals surface area (Å²) in [7, 11) is 0. The molecule has 3 aliphatic carbocycles. The number of carbonyl (C=O) groups is 2. The SMILES string of the molecule is C[C@H]1C(N(CC(=O)O)CC(=O)O)C[C@@H]2C[C@H]1C2(C)C. The third kappa shape index (κ3) is 2.48. The third-order valence-electron chi connectivity index (χ3n) is 5.46. The van der Waals surface area contributed by atoms with Crippen LogP contribution in [0.2, 0.25) is 0 Å². The second kappa shape index (κ2) is 4.78. The van der Waals surface area contributed by atoms with Crippen LogP contribution in [0.25, 0.3) is 0 Å². The molecule has 3 saturated carbocycles. The van der Waals surface area contributed by atoms with Crippen molar-refractivity contribution >= 4 is 11.9 Å². The molecule has 0 aromatic rings. The first-order valence-corrected chi connectivity index (χ1v) is 6.91. The highest BCUT2D eigenvalue weighted by atomic mass is 16.4. The lowest BCUT2D eigenvalue weighted by Gasteiger charge is -2.63. The predicted octanol–water partition coefficient (Wildman–Crippen LogP) is 1.53. The zero-order valence-corrected chi connectivity index (χ0v) is 11.8. The Hall–Kier alpha value is -1.10. The van der Waals surface area contributed by atoms with Crippen LogP contribution in [0.1, 0.15) is 33.6 Å². The number of hydrogen-bond donors (Lipinski definition) is 2. The van der Waals surface area contributed by atoms with Crippen molar-refractivity contribution in [1.82, 2.24) is 4.90 Å². The van der Waals surface area contributed by atoms with Gasteiger partial charge in [-0.3, -0.25) is 14.5 Å². The minimum Gasteiger partial charge on any atom is -0.480 e. The molecule has 4 atom stereocenters. The lowest BCUT2D eigenvalue weighted by molar-refractivity contribution is -0.157. The summed E-state index contributed by atoms with van der Waals surface area (Å²) in [5.74, 6) is -0.359. The number of fused-ring (bicyclic) bond motifs is 2. The molecule has 2 N–H and O–H groups in total. The normalized spacial score (nSPS) is 35.8. The largest absolute Gasteiger partial charge is 0.480 e. The van der Waals surface area contributed by atoms with Crippen molar-refractivity contribution in [3.8, 4) is 0 Å². The van der Waals surface area contributed by atoms with Crippen molar-refractivity contribution in [2.75, 3.05) is 13.1 Å². The van der Waals surface area contributed by atoms with Crippen molar-refractivity contribution in [1.29, 1.82) is 0 Å². The molecule has 3 fully saturated rings. The maximum Gasteiger partial charge on any atom is 0.317 e. The van der Waals surface area contributed by atoms with E-state index in [1.807, 2.05) is 0 Å². The molecular formula is C14H23NO4. The van der Waals surface area contributed by atoms with Gasteiger partial charge < -0.3 is 10.2 Å². The van der Waals surface area contributed by atoms with Crippen LogP contribution in [0, 0.1) is 23.2 Å². The quantitative estimate of drug-likeness (QED) is 0.791. The van der Waals surface area contributed by atoms with Crippen molar-refractivity contribution < 1.29 is 19.8 Å². The van der Waals surface area contributed by atoms with Gasteiger partial charge in [0.2, 0.25) is 0 Å². The zero-order chi connectivity index (χ0) is 14.4. The average Bonchev–Trinajstić information content (AvgIpc) is 2.26. The van der Waals surface area contributed by atoms with Crippen LogP contribution in [-0.2, 0) is 9.59 Å². The number of carboxylic acids is 2. The number of aliphatic carboxylic acids is 2. The van der Waals surface area contributed by atoms with Gasteiger partial charge in [-0.25, -0.2) is 0 Å². The predicted molar refractivity (Wildman–Crippen MR) is 69.8 cm³/mol. The summed E-state index contributed by atoms with van der Waals surface area (Å²) in [5, 5.41) is 17.9. The second-order valence-corrected chi connectivity index (χ2v) is 6.72. The summed E-state index contributed by atoms with van der Waals surface area (Å²) < 4.78 is 0. The second-order valence-electron chi connectivity index (χ2n) is 6.72. The Morgan fingerprint density at radius 2 is 1.68 bits per heavy atom. The van der Waals surface area contributed by atoms with Gasteiger partial charge in [-0.2, -0.15) is 0 Å². The van der Waals surface area contributed by atoms with Crippen LogP contribution in [-0.4, -0.2) is 46.2 Å². The minimum absolute atomic E-state index is 0.0870. The fraction of sp³-hybridized carbons (Fsp3) is 0.857. The van der Waals surface area contributed by atoms with Crippen LogP contribution in [0.4, 0.5) is 0 Å². The van der Waals surface area contributed by atoms with Crippen molar-refractivity contribution in [2.24, 2.45) is 23.2 Å². The van der Waals surface area contributed by atoms with E-state index in [-0.39, 0.29) is 19.1 Å². The third-order valence-corrected chi connectivity index (χ3v) is 5.46. The molecule has 19 heavy (non-hydrogen) atoms. The molecule has 0 aromatic heterocycles. The highest BCUT2D eigenvalue weighted by Gasteiger charge is 2.57. The first kappa shape index (κ1) is 14.3. The van der Waals surface area contributed by atoms with E-state index in [1.165, 1.54) is 6.42 Å². The van der Waals surface area contributed by atoms with E-state index in [4.69, 9.17) is 10.2 Å². The molecule has 1 unspecified atom stereocenters. The Balaban J connectivity index is 2.10. The number of hydrogen-bond acceptors (Lipinski definition) is 3. The molecule has 0 aromatic carbocycles. The fourth-order valence-corrected chi connectivity index (χ4v) is 4.24. The summed E-state index contributed by atoms with van der Waals surface area (Å²) >= 11 is 0. The Labute approximate surface area is 113 Å². The fourth-order valence-electron chi connectivity index (χ4n) is 4.24. The molecule has 108 valence electrons. The van der Waals surface area contributed by atoms with Gasteiger partial charge in [0, 0.05) is 6.04 Å². The van der Waals surface area contributed by atoms with Crippen molar-refractivity contribution in [3.63, 3.8) is 0 Å². The zero-order valence-electron chi connectivity index (χ0n) is 11.8. The van der Waals surface area contributed by atoms with E-state index in [1.54, 1.807) is 4.90 Å². The minimum atomic E-state index is -0.952. The molecule has 2 bridgehead atoms. The lowest BCUT2D eigenvalue weighted by Crippen LogP contribution is -2.61. The lowest BCUT2D eigenvalue weighted by atomic mass is 9.44. The molecule has 0 aliphatic heterocycles. The van der Waals surface area contributed by atoms with E-state index in [0.717, 1.165) is 6.42 Å². The van der Waals surface area contributed by atoms with Crippen LogP contribution in [0.3, 0.4) is 0 Å². The molecule has 5 nitrogen and oxygen atoms in total. The summed E-state index contributed by atoms with van der Waals surface area (Å²) in [6.07, 6.45) is 2.13. The number of nitrogens with zero attached hydrogens (tertiary/aromatic N) is 1. The number of rotatable bonds is 5. The van der Waals surface area contributed by atoms with E-state index in [0.29, 0.717) is 23.2 Å². The van der Waals surface area contributed by atoms with Gasteiger partial charge in [0.1, 0.15) is 0 Å². The molecule has 3 aliphatic rings. The van der Waals surface area contributed by atoms with Gasteiger partial charge in [0.15, 0.2) is 0 Å². The van der Waals surface area contributed by atoms with E-state index >= 15 is 0 Å². The Morgan fingerprint density at radius 3 is 2.05 bits per heavy atom. The molecule has 0 spiro atoms. The highest BCUT2D eigenvalue weighted by Crippen LogP contribution is 2.61. The average molecular weight is 269 g/mol. The standard InChI is InChI=1S/C14H23NO4/c1-8-10-4-9(14(10,2)3)5-11(8)15(6-12(16)17)7-13(18)19/h8-11H,4-7H2,1-3H3,(H,16,17)(H,18,19)/t8-,9+,10-,11?/m1/s1. The van der Waals surface area contributed by atoms with Crippen LogP contribution < -0.4 is 0 Å². The van der Waals surface area contributed by atoms with E-state index < -0.39 is 11.9 Å². The van der Waals surface area contributed by atoms with Crippen molar-refractivity contribution in [3.05, 3.63) is 0 Å². The molecule has 0 amide bonds. The maximum absolute atomic E-state index is 10.9. The highest BCUT2D eigenvalue weighted by molar-refractivity contribution is 5.72. The van der Waals surface area contributed by atoms with Crippen LogP contribution in [0.15, 0.2) is 0 Å². The van der Waals surface area contributed by atoms with E-state index in [2.05, 4.69) is 20.8 Å². The first-order chi connectivity index (χ1) is 8.73. The summed E-state index contributed by atoms with van der Waals surface area (Å²) in [6.45, 7) is 6.33. The summed E-state index contributed by atoms with van der Waals surface area (Å²) in [4.78, 5) is 23.5. The first-order valence-electron chi connectivity index (χ1n) is 6.91. The van der Waals surface area contributed by atoms with Gasteiger partial charge in [0.05, 0.1) is 13.1 Å². The monoisotopic (exact) mass is 269 g/mol. The molecule has 0 heterocycles. The molecular weight excluding hydrogens is 246 g/mol. The van der Waals surface area contributed by atoms with Gasteiger partial charge in [0.25, 0.3) is 0 Å². The van der Waals surface area contributed by atoms with Gasteiger partial charge in [-0.05, 0) is 36.0 Å².